The van der Waals surface area contributed by atoms with Gasteiger partial charge in [-0.3, -0.25) is 9.59 Å². The van der Waals surface area contributed by atoms with Crippen LogP contribution in [0.2, 0.25) is 0 Å². The number of nitrogens with one attached hydrogen (secondary N) is 2. The van der Waals surface area contributed by atoms with E-state index < -0.39 is 18.8 Å². The van der Waals surface area contributed by atoms with Crippen molar-refractivity contribution in [2.24, 2.45) is 0 Å². The molecule has 2 atom stereocenters. The predicted octanol–water partition coefficient (Wildman–Crippen LogP) is 1.82. The van der Waals surface area contributed by atoms with Crippen molar-refractivity contribution >= 4 is 34.9 Å². The molecule has 1 aliphatic heterocycles. The number of benzene rings is 1. The van der Waals surface area contributed by atoms with Crippen molar-refractivity contribution in [2.75, 3.05) is 13.0 Å². The molecule has 0 bridgehead atoms. The number of rotatable bonds is 5. The van der Waals surface area contributed by atoms with E-state index in [4.69, 9.17) is 9.31 Å². The van der Waals surface area contributed by atoms with Crippen LogP contribution in [0.25, 0.3) is 0 Å². The van der Waals surface area contributed by atoms with Gasteiger partial charge in [0.05, 0.1) is 30.8 Å². The topological polar surface area (TPSA) is 76.7 Å². The largest absolute Gasteiger partial charge is 0.478 e. The van der Waals surface area contributed by atoms with E-state index in [9.17, 15) is 14.0 Å². The summed E-state index contributed by atoms with van der Waals surface area (Å²) in [5.41, 5.74) is -0.117. The molecule has 1 heterocycles. The quantitative estimate of drug-likeness (QED) is 0.723. The molecule has 1 saturated heterocycles. The molecule has 0 unspecified atom stereocenters. The summed E-state index contributed by atoms with van der Waals surface area (Å²) in [5.74, 6) is -1.67. The highest BCUT2D eigenvalue weighted by Crippen LogP contribution is 2.29. The lowest BCUT2D eigenvalue weighted by atomic mass is 9.91. The number of hydrogen-bond acceptors (Lipinski definition) is 4. The molecule has 2 fully saturated rings. The van der Waals surface area contributed by atoms with E-state index in [0.29, 0.717) is 4.47 Å². The second-order valence-corrected chi connectivity index (χ2v) is 7.09. The average Bonchev–Trinajstić information content (AvgIpc) is 3.03. The van der Waals surface area contributed by atoms with E-state index in [0.717, 1.165) is 25.7 Å². The number of carbonyl (C=O) groups is 2. The van der Waals surface area contributed by atoms with Gasteiger partial charge in [-0.15, -0.1) is 0 Å². The molecule has 2 aliphatic rings. The molecule has 0 radical (unpaired) electrons. The van der Waals surface area contributed by atoms with Crippen LogP contribution in [0.3, 0.4) is 0 Å². The summed E-state index contributed by atoms with van der Waals surface area (Å²) in [7, 11) is -0.449. The van der Waals surface area contributed by atoms with Gasteiger partial charge in [0.25, 0.3) is 5.91 Å². The van der Waals surface area contributed by atoms with Gasteiger partial charge in [-0.2, -0.15) is 0 Å². The maximum atomic E-state index is 13.6. The smallest absolute Gasteiger partial charge is 0.405 e. The van der Waals surface area contributed by atoms with Crippen molar-refractivity contribution in [1.29, 1.82) is 0 Å². The van der Waals surface area contributed by atoms with E-state index in [1.807, 2.05) is 0 Å². The normalized spacial score (nSPS) is 22.4. The average molecular weight is 413 g/mol. The summed E-state index contributed by atoms with van der Waals surface area (Å²) in [6, 6.07) is 4.05. The molecular weight excluding hydrogens is 394 g/mol. The van der Waals surface area contributed by atoms with Crippen molar-refractivity contribution in [2.45, 2.75) is 37.9 Å². The van der Waals surface area contributed by atoms with Crippen LogP contribution in [0.4, 0.5) is 4.39 Å². The first-order valence-corrected chi connectivity index (χ1v) is 9.13. The van der Waals surface area contributed by atoms with Crippen LogP contribution in [0.15, 0.2) is 22.7 Å². The standard InChI is InChI=1S/C16H19BBrFN2O4/c18-10-5-6-12(19)11(7-10)16(23)20-8-15(22)21-9-17-24-13-3-1-2-4-14(13)25-17/h5-7,13-14H,1-4,8-9H2,(H,20,23)(H,21,22)/t13-,14+. The summed E-state index contributed by atoms with van der Waals surface area (Å²) < 4.78 is 25.7. The minimum atomic E-state index is -0.645. The monoisotopic (exact) mass is 412 g/mol. The maximum Gasteiger partial charge on any atom is 0.478 e. The van der Waals surface area contributed by atoms with E-state index in [1.165, 1.54) is 18.2 Å². The Hall–Kier alpha value is -1.45. The zero-order valence-corrected chi connectivity index (χ0v) is 15.2. The van der Waals surface area contributed by atoms with Crippen LogP contribution < -0.4 is 10.6 Å². The van der Waals surface area contributed by atoms with E-state index in [2.05, 4.69) is 26.6 Å². The van der Waals surface area contributed by atoms with Crippen molar-refractivity contribution in [3.63, 3.8) is 0 Å². The van der Waals surface area contributed by atoms with E-state index >= 15 is 0 Å². The number of hydrogen-bond donors (Lipinski definition) is 2. The Labute approximate surface area is 154 Å². The molecule has 1 aliphatic carbocycles. The molecule has 2 amide bonds. The summed E-state index contributed by atoms with van der Waals surface area (Å²) in [5, 5.41) is 5.06. The third-order valence-electron chi connectivity index (χ3n) is 4.34. The fraction of sp³-hybridized carbons (Fsp3) is 0.500. The second-order valence-electron chi connectivity index (χ2n) is 6.17. The minimum absolute atomic E-state index is 0.117. The van der Waals surface area contributed by atoms with Crippen LogP contribution in [0.5, 0.6) is 0 Å². The lowest BCUT2D eigenvalue weighted by Gasteiger charge is -2.22. The molecule has 6 nitrogen and oxygen atoms in total. The van der Waals surface area contributed by atoms with Gasteiger partial charge >= 0.3 is 7.12 Å². The predicted molar refractivity (Wildman–Crippen MR) is 93.4 cm³/mol. The van der Waals surface area contributed by atoms with Gasteiger partial charge in [0.2, 0.25) is 5.91 Å². The first-order chi connectivity index (χ1) is 12.0. The number of amides is 2. The molecule has 134 valence electrons. The molecule has 0 aromatic heterocycles. The first kappa shape index (κ1) is 18.3. The molecule has 25 heavy (non-hydrogen) atoms. The van der Waals surface area contributed by atoms with Gasteiger partial charge in [0.15, 0.2) is 0 Å². The Morgan fingerprint density at radius 3 is 2.56 bits per heavy atom. The molecule has 0 spiro atoms. The minimum Gasteiger partial charge on any atom is -0.405 e. The number of halogens is 2. The van der Waals surface area contributed by atoms with Gasteiger partial charge < -0.3 is 19.9 Å². The molecule has 9 heteroatoms. The highest BCUT2D eigenvalue weighted by Gasteiger charge is 2.40. The number of carbonyl (C=O) groups excluding carboxylic acids is 2. The van der Waals surface area contributed by atoms with Crippen LogP contribution in [0, 0.1) is 5.82 Å². The van der Waals surface area contributed by atoms with Gasteiger partial charge in [-0.25, -0.2) is 4.39 Å². The van der Waals surface area contributed by atoms with Crippen molar-refractivity contribution in [3.8, 4) is 0 Å². The van der Waals surface area contributed by atoms with Gasteiger partial charge in [0.1, 0.15) is 5.82 Å². The third kappa shape index (κ3) is 4.80. The molecule has 1 aromatic rings. The zero-order valence-electron chi connectivity index (χ0n) is 13.6. The number of fused-ring (bicyclic) bond motifs is 1. The van der Waals surface area contributed by atoms with Crippen LogP contribution in [-0.2, 0) is 14.1 Å². The molecule has 2 N–H and O–H groups in total. The Kier molecular flexibility index (Phi) is 6.08. The zero-order chi connectivity index (χ0) is 17.8. The molecule has 3 rings (SSSR count). The fourth-order valence-corrected chi connectivity index (χ4v) is 3.44. The van der Waals surface area contributed by atoms with E-state index in [1.54, 1.807) is 0 Å². The summed E-state index contributed by atoms with van der Waals surface area (Å²) in [6.45, 7) is -0.246. The van der Waals surface area contributed by atoms with Crippen molar-refractivity contribution in [3.05, 3.63) is 34.1 Å². The second kappa shape index (κ2) is 8.29. The maximum absolute atomic E-state index is 13.6. The third-order valence-corrected chi connectivity index (χ3v) is 4.84. The van der Waals surface area contributed by atoms with Crippen LogP contribution >= 0.6 is 15.9 Å². The van der Waals surface area contributed by atoms with Crippen LogP contribution in [0.1, 0.15) is 36.0 Å². The highest BCUT2D eigenvalue weighted by molar-refractivity contribution is 9.10. The Balaban J connectivity index is 1.41. The van der Waals surface area contributed by atoms with Crippen molar-refractivity contribution in [1.82, 2.24) is 10.6 Å². The van der Waals surface area contributed by atoms with Crippen LogP contribution in [-0.4, -0.2) is 44.1 Å². The molecular formula is C16H19BBrFN2O4. The van der Waals surface area contributed by atoms with Crippen molar-refractivity contribution < 1.29 is 23.3 Å². The SMILES string of the molecule is O=C(CNC(=O)c1cc(Br)ccc1F)NCB1O[C@H]2CCCC[C@H]2O1. The Morgan fingerprint density at radius 2 is 1.88 bits per heavy atom. The summed E-state index contributed by atoms with van der Waals surface area (Å²) in [6.07, 6.45) is 4.73. The summed E-state index contributed by atoms with van der Waals surface area (Å²) >= 11 is 3.18. The highest BCUT2D eigenvalue weighted by atomic mass is 79.9. The fourth-order valence-electron chi connectivity index (χ4n) is 3.08. The lowest BCUT2D eigenvalue weighted by molar-refractivity contribution is -0.119. The Bertz CT molecular complexity index is 649. The molecule has 1 aromatic carbocycles. The Morgan fingerprint density at radius 1 is 1.20 bits per heavy atom. The molecule has 1 saturated carbocycles. The summed E-state index contributed by atoms with van der Waals surface area (Å²) in [4.78, 5) is 23.8. The van der Waals surface area contributed by atoms with Gasteiger partial charge in [-0.05, 0) is 31.0 Å². The van der Waals surface area contributed by atoms with Gasteiger partial charge in [-0.1, -0.05) is 28.8 Å². The van der Waals surface area contributed by atoms with Gasteiger partial charge in [0, 0.05) is 4.47 Å². The lowest BCUT2D eigenvalue weighted by Crippen LogP contribution is -2.42. The first-order valence-electron chi connectivity index (χ1n) is 8.34. The van der Waals surface area contributed by atoms with E-state index in [-0.39, 0.29) is 36.7 Å².